The maximum absolute atomic E-state index is 11.5. The molecule has 15 atom stereocenters. The summed E-state index contributed by atoms with van der Waals surface area (Å²) >= 11 is 0. The minimum Gasteiger partial charge on any atom is -0.454 e. The first-order valence-electron chi connectivity index (χ1n) is 11.7. The minimum atomic E-state index is -1.78. The van der Waals surface area contributed by atoms with Crippen LogP contribution < -0.4 is 0 Å². The number of carbonyl (C=O) groups excluding carboxylic acids is 1. The van der Waals surface area contributed by atoms with E-state index in [0.29, 0.717) is 0 Å². The number of aliphatic hydroxyl groups is 8. The second-order valence-corrected chi connectivity index (χ2v) is 9.15. The van der Waals surface area contributed by atoms with E-state index in [1.54, 1.807) is 0 Å². The molecule has 8 N–H and O–H groups in total. The first-order chi connectivity index (χ1) is 17.4. The maximum atomic E-state index is 11.5. The predicted molar refractivity (Wildman–Crippen MR) is 114 cm³/mol. The SMILES string of the molecule is CO[C@@H]1[C@@H](O[C@@H]2O[C@H](CO[C@@H]3O[C@H](CO)[C@@H](O)[C@H](O)[C@H]3O)[C@@H](O)[C@H](O)[C@H]2O)[C@H](C)O[C@@H](O)[C@H]1OC(C)=O. The van der Waals surface area contributed by atoms with Gasteiger partial charge in [-0.25, -0.2) is 0 Å². The van der Waals surface area contributed by atoms with E-state index in [1.807, 2.05) is 0 Å². The Hall–Kier alpha value is -1.09. The van der Waals surface area contributed by atoms with E-state index >= 15 is 0 Å². The molecule has 0 saturated carbocycles. The van der Waals surface area contributed by atoms with Gasteiger partial charge in [-0.05, 0) is 6.92 Å². The lowest BCUT2D eigenvalue weighted by molar-refractivity contribution is -0.360. The van der Waals surface area contributed by atoms with Crippen molar-refractivity contribution in [1.29, 1.82) is 0 Å². The molecule has 0 aromatic rings. The number of esters is 1. The van der Waals surface area contributed by atoms with Crippen molar-refractivity contribution in [3.8, 4) is 0 Å². The predicted octanol–water partition coefficient (Wildman–Crippen LogP) is -5.32. The van der Waals surface area contributed by atoms with Crippen molar-refractivity contribution in [2.45, 2.75) is 106 Å². The highest BCUT2D eigenvalue weighted by molar-refractivity contribution is 5.66. The number of rotatable bonds is 8. The van der Waals surface area contributed by atoms with Gasteiger partial charge >= 0.3 is 5.97 Å². The average molecular weight is 545 g/mol. The Morgan fingerprint density at radius 3 is 1.89 bits per heavy atom. The first kappa shape index (κ1) is 30.5. The minimum absolute atomic E-state index is 0.549. The van der Waals surface area contributed by atoms with Crippen molar-refractivity contribution in [2.75, 3.05) is 20.3 Å². The number of ether oxygens (including phenoxy) is 7. The van der Waals surface area contributed by atoms with Gasteiger partial charge in [0.2, 0.25) is 0 Å². The fourth-order valence-corrected chi connectivity index (χ4v) is 4.48. The molecule has 0 bridgehead atoms. The lowest BCUT2D eigenvalue weighted by Gasteiger charge is -2.46. The van der Waals surface area contributed by atoms with Crippen LogP contribution in [0.1, 0.15) is 13.8 Å². The second-order valence-electron chi connectivity index (χ2n) is 9.15. The van der Waals surface area contributed by atoms with Crippen LogP contribution in [0, 0.1) is 0 Å². The largest absolute Gasteiger partial charge is 0.454 e. The fourth-order valence-electron chi connectivity index (χ4n) is 4.48. The first-order valence-corrected chi connectivity index (χ1v) is 11.7. The topological polar surface area (TPSA) is 244 Å². The zero-order valence-corrected chi connectivity index (χ0v) is 20.4. The summed E-state index contributed by atoms with van der Waals surface area (Å²) in [4.78, 5) is 11.5. The molecule has 0 aromatic carbocycles. The summed E-state index contributed by atoms with van der Waals surface area (Å²) in [6, 6.07) is 0. The van der Waals surface area contributed by atoms with Gasteiger partial charge < -0.3 is 74.0 Å². The van der Waals surface area contributed by atoms with Gasteiger partial charge in [-0.3, -0.25) is 4.79 Å². The third-order valence-electron chi connectivity index (χ3n) is 6.55. The van der Waals surface area contributed by atoms with Crippen LogP contribution in [-0.2, 0) is 38.0 Å². The Morgan fingerprint density at radius 1 is 0.757 bits per heavy atom. The molecule has 0 amide bonds. The van der Waals surface area contributed by atoms with Crippen LogP contribution in [-0.4, -0.2) is 159 Å². The van der Waals surface area contributed by atoms with Gasteiger partial charge in [0.05, 0.1) is 19.3 Å². The van der Waals surface area contributed by atoms with E-state index in [1.165, 1.54) is 14.0 Å². The maximum Gasteiger partial charge on any atom is 0.303 e. The molecule has 3 rings (SSSR count). The molecule has 3 heterocycles. The molecule has 0 radical (unpaired) electrons. The van der Waals surface area contributed by atoms with Gasteiger partial charge in [-0.15, -0.1) is 0 Å². The lowest BCUT2D eigenvalue weighted by Crippen LogP contribution is -2.64. The number of carbonyl (C=O) groups is 1. The van der Waals surface area contributed by atoms with Crippen LogP contribution in [0.5, 0.6) is 0 Å². The van der Waals surface area contributed by atoms with Gasteiger partial charge in [0.1, 0.15) is 61.0 Å². The molecule has 3 saturated heterocycles. The van der Waals surface area contributed by atoms with Crippen LogP contribution in [0.3, 0.4) is 0 Å². The highest BCUT2D eigenvalue weighted by atomic mass is 16.7. The highest BCUT2D eigenvalue weighted by Gasteiger charge is 2.52. The van der Waals surface area contributed by atoms with Gasteiger partial charge in [0.15, 0.2) is 25.0 Å². The molecular formula is C21H36O16. The molecular weight excluding hydrogens is 508 g/mol. The summed E-state index contributed by atoms with van der Waals surface area (Å²) in [6.07, 6.45) is -21.8. The third-order valence-corrected chi connectivity index (χ3v) is 6.55. The average Bonchev–Trinajstić information content (AvgIpc) is 2.85. The lowest BCUT2D eigenvalue weighted by atomic mass is 9.97. The molecule has 37 heavy (non-hydrogen) atoms. The molecule has 0 spiro atoms. The number of hydrogen-bond acceptors (Lipinski definition) is 16. The monoisotopic (exact) mass is 544 g/mol. The summed E-state index contributed by atoms with van der Waals surface area (Å²) in [7, 11) is 1.27. The summed E-state index contributed by atoms with van der Waals surface area (Å²) in [6.45, 7) is 1.41. The molecule has 3 aliphatic rings. The number of methoxy groups -OCH3 is 1. The molecule has 3 aliphatic heterocycles. The van der Waals surface area contributed by atoms with Crippen LogP contribution in [0.15, 0.2) is 0 Å². The number of aliphatic hydroxyl groups excluding tert-OH is 8. The molecule has 0 aromatic heterocycles. The van der Waals surface area contributed by atoms with E-state index in [-0.39, 0.29) is 0 Å². The van der Waals surface area contributed by atoms with E-state index in [4.69, 9.17) is 33.2 Å². The Kier molecular flexibility index (Phi) is 10.6. The highest BCUT2D eigenvalue weighted by Crippen LogP contribution is 2.31. The van der Waals surface area contributed by atoms with Crippen molar-refractivity contribution in [3.05, 3.63) is 0 Å². The molecule has 0 unspecified atom stereocenters. The van der Waals surface area contributed by atoms with Crippen molar-refractivity contribution in [3.63, 3.8) is 0 Å². The molecule has 0 aliphatic carbocycles. The second kappa shape index (κ2) is 12.8. The Morgan fingerprint density at radius 2 is 1.32 bits per heavy atom. The van der Waals surface area contributed by atoms with Crippen molar-refractivity contribution in [2.24, 2.45) is 0 Å². The van der Waals surface area contributed by atoms with Crippen LogP contribution >= 0.6 is 0 Å². The summed E-state index contributed by atoms with van der Waals surface area (Å²) in [5.74, 6) is -0.721. The van der Waals surface area contributed by atoms with Crippen molar-refractivity contribution in [1.82, 2.24) is 0 Å². The van der Waals surface area contributed by atoms with E-state index in [2.05, 4.69) is 0 Å². The Labute approximate surface area is 211 Å². The third kappa shape index (κ3) is 6.56. The summed E-state index contributed by atoms with van der Waals surface area (Å²) < 4.78 is 37.9. The normalized spacial score (nSPS) is 49.0. The van der Waals surface area contributed by atoms with Gasteiger partial charge in [0, 0.05) is 14.0 Å². The van der Waals surface area contributed by atoms with E-state index in [0.717, 1.165) is 6.92 Å². The fraction of sp³-hybridized carbons (Fsp3) is 0.952. The zero-order chi connectivity index (χ0) is 27.6. The number of hydrogen-bond donors (Lipinski definition) is 8. The van der Waals surface area contributed by atoms with Crippen molar-refractivity contribution >= 4 is 5.97 Å². The van der Waals surface area contributed by atoms with E-state index in [9.17, 15) is 45.6 Å². The van der Waals surface area contributed by atoms with Crippen LogP contribution in [0.4, 0.5) is 0 Å². The van der Waals surface area contributed by atoms with Gasteiger partial charge in [-0.1, -0.05) is 0 Å². The summed E-state index contributed by atoms with van der Waals surface area (Å²) in [5.41, 5.74) is 0. The van der Waals surface area contributed by atoms with Gasteiger partial charge in [0.25, 0.3) is 0 Å². The Bertz CT molecular complexity index is 739. The quantitative estimate of drug-likeness (QED) is 0.133. The summed E-state index contributed by atoms with van der Waals surface area (Å²) in [5, 5.41) is 80.7. The molecule has 16 nitrogen and oxygen atoms in total. The van der Waals surface area contributed by atoms with Crippen LogP contribution in [0.2, 0.25) is 0 Å². The smallest absolute Gasteiger partial charge is 0.303 e. The standard InChI is InChI=1S/C21H36O16/c1-6-16(17(31-3)18(19(30)33-6)34-7(2)23)37-21-15(29)13(27)11(25)9(36-21)5-32-20-14(28)12(26)10(24)8(4-22)35-20/h6,8-22,24-30H,4-5H2,1-3H3/t6-,8+,9+,10+,11+,12-,13-,14+,15+,16-,17+,18-,19+,20+,21-/m0/s1. The van der Waals surface area contributed by atoms with Crippen LogP contribution in [0.25, 0.3) is 0 Å². The molecule has 16 heteroatoms. The zero-order valence-electron chi connectivity index (χ0n) is 20.4. The van der Waals surface area contributed by atoms with Gasteiger partial charge in [-0.2, -0.15) is 0 Å². The van der Waals surface area contributed by atoms with E-state index < -0.39 is 111 Å². The Balaban J connectivity index is 1.70. The molecule has 216 valence electrons. The molecule has 3 fully saturated rings. The van der Waals surface area contributed by atoms with Crippen molar-refractivity contribution < 1.29 is 78.8 Å².